The van der Waals surface area contributed by atoms with E-state index in [1.807, 2.05) is 43.3 Å². The summed E-state index contributed by atoms with van der Waals surface area (Å²) in [5.41, 5.74) is 2.89. The van der Waals surface area contributed by atoms with Crippen molar-refractivity contribution in [3.8, 4) is 0 Å². The van der Waals surface area contributed by atoms with Crippen LogP contribution in [0.4, 0.5) is 11.4 Å². The maximum absolute atomic E-state index is 12.5. The van der Waals surface area contributed by atoms with Crippen molar-refractivity contribution < 1.29 is 9.59 Å². The molecule has 3 rings (SSSR count). The van der Waals surface area contributed by atoms with Crippen molar-refractivity contribution in [1.29, 1.82) is 0 Å². The standard InChI is InChI=1S/C25H32N2O2S/c1-17(2)19-9-11-21(12-10-19)26-24(28)18(3)30-23-15-13-22(14-16-23)27-25(29)20-7-5-4-6-8-20/h9-18,20H,4-8H2,1-3H3,(H,26,28)(H,27,29). The second-order valence-electron chi connectivity index (χ2n) is 8.37. The van der Waals surface area contributed by atoms with Gasteiger partial charge in [0.2, 0.25) is 11.8 Å². The van der Waals surface area contributed by atoms with Crippen LogP contribution in [-0.2, 0) is 9.59 Å². The highest BCUT2D eigenvalue weighted by molar-refractivity contribution is 8.00. The van der Waals surface area contributed by atoms with Crippen LogP contribution < -0.4 is 10.6 Å². The molecule has 160 valence electrons. The molecule has 0 saturated heterocycles. The number of hydrogen-bond acceptors (Lipinski definition) is 3. The number of nitrogens with one attached hydrogen (secondary N) is 2. The first-order valence-corrected chi connectivity index (χ1v) is 11.8. The van der Waals surface area contributed by atoms with Gasteiger partial charge in [0.1, 0.15) is 0 Å². The first-order chi connectivity index (χ1) is 14.4. The van der Waals surface area contributed by atoms with Crippen LogP contribution in [0.3, 0.4) is 0 Å². The molecule has 30 heavy (non-hydrogen) atoms. The normalized spacial score (nSPS) is 15.6. The van der Waals surface area contributed by atoms with E-state index in [2.05, 4.69) is 36.6 Å². The predicted octanol–water partition coefficient (Wildman–Crippen LogP) is 6.45. The Balaban J connectivity index is 1.50. The van der Waals surface area contributed by atoms with Crippen LogP contribution >= 0.6 is 11.8 Å². The topological polar surface area (TPSA) is 58.2 Å². The zero-order valence-electron chi connectivity index (χ0n) is 18.1. The first-order valence-electron chi connectivity index (χ1n) is 10.9. The zero-order chi connectivity index (χ0) is 21.5. The Morgan fingerprint density at radius 2 is 1.40 bits per heavy atom. The minimum Gasteiger partial charge on any atom is -0.326 e. The molecule has 1 aliphatic carbocycles. The van der Waals surface area contributed by atoms with Crippen LogP contribution in [0, 0.1) is 5.92 Å². The van der Waals surface area contributed by atoms with Crippen LogP contribution in [0.15, 0.2) is 53.4 Å². The van der Waals surface area contributed by atoms with E-state index >= 15 is 0 Å². The smallest absolute Gasteiger partial charge is 0.237 e. The van der Waals surface area contributed by atoms with Crippen LogP contribution in [0.2, 0.25) is 0 Å². The van der Waals surface area contributed by atoms with Gasteiger partial charge < -0.3 is 10.6 Å². The SMILES string of the molecule is CC(Sc1ccc(NC(=O)C2CCCCC2)cc1)C(=O)Nc1ccc(C(C)C)cc1. The second kappa shape index (κ2) is 10.7. The molecule has 0 heterocycles. The molecule has 1 saturated carbocycles. The number of carbonyl (C=O) groups excluding carboxylic acids is 2. The Morgan fingerprint density at radius 3 is 2.00 bits per heavy atom. The number of rotatable bonds is 7. The lowest BCUT2D eigenvalue weighted by molar-refractivity contribution is -0.120. The van der Waals surface area contributed by atoms with E-state index in [-0.39, 0.29) is 23.0 Å². The summed E-state index contributed by atoms with van der Waals surface area (Å²) >= 11 is 1.51. The van der Waals surface area contributed by atoms with Crippen LogP contribution in [0.1, 0.15) is 64.4 Å². The monoisotopic (exact) mass is 424 g/mol. The van der Waals surface area contributed by atoms with Gasteiger partial charge in [0, 0.05) is 22.2 Å². The Hall–Kier alpha value is -2.27. The highest BCUT2D eigenvalue weighted by Crippen LogP contribution is 2.28. The molecule has 2 aromatic carbocycles. The van der Waals surface area contributed by atoms with Crippen molar-refractivity contribution in [2.24, 2.45) is 5.92 Å². The third kappa shape index (κ3) is 6.36. The van der Waals surface area contributed by atoms with Gasteiger partial charge in [-0.25, -0.2) is 0 Å². The molecule has 0 bridgehead atoms. The van der Waals surface area contributed by atoms with Gasteiger partial charge in [-0.05, 0) is 67.6 Å². The van der Waals surface area contributed by atoms with Crippen molar-refractivity contribution >= 4 is 35.0 Å². The fourth-order valence-electron chi connectivity index (χ4n) is 3.68. The molecule has 0 aliphatic heterocycles. The summed E-state index contributed by atoms with van der Waals surface area (Å²) in [4.78, 5) is 25.9. The fourth-order valence-corrected chi connectivity index (χ4v) is 4.55. The molecule has 2 N–H and O–H groups in total. The maximum Gasteiger partial charge on any atom is 0.237 e. The largest absolute Gasteiger partial charge is 0.326 e. The van der Waals surface area contributed by atoms with Crippen molar-refractivity contribution in [1.82, 2.24) is 0 Å². The number of carbonyl (C=O) groups is 2. The molecule has 1 fully saturated rings. The molecular weight excluding hydrogens is 392 g/mol. The molecule has 0 spiro atoms. The lowest BCUT2D eigenvalue weighted by atomic mass is 9.88. The molecule has 1 atom stereocenters. The molecule has 1 unspecified atom stereocenters. The summed E-state index contributed by atoms with van der Waals surface area (Å²) in [6.45, 7) is 6.21. The van der Waals surface area contributed by atoms with Gasteiger partial charge in [-0.1, -0.05) is 45.2 Å². The Labute approximate surface area is 184 Å². The van der Waals surface area contributed by atoms with Crippen molar-refractivity contribution in [3.05, 3.63) is 54.1 Å². The predicted molar refractivity (Wildman–Crippen MR) is 126 cm³/mol. The van der Waals surface area contributed by atoms with E-state index in [0.717, 1.165) is 42.0 Å². The van der Waals surface area contributed by atoms with Gasteiger partial charge in [-0.2, -0.15) is 0 Å². The minimum atomic E-state index is -0.225. The van der Waals surface area contributed by atoms with E-state index in [9.17, 15) is 9.59 Å². The summed E-state index contributed by atoms with van der Waals surface area (Å²) in [5, 5.41) is 5.79. The molecule has 5 heteroatoms. The Kier molecular flexibility index (Phi) is 7.97. The lowest BCUT2D eigenvalue weighted by Crippen LogP contribution is -2.24. The average molecular weight is 425 g/mol. The zero-order valence-corrected chi connectivity index (χ0v) is 18.9. The minimum absolute atomic E-state index is 0.0213. The summed E-state index contributed by atoms with van der Waals surface area (Å²) in [5.74, 6) is 0.726. The van der Waals surface area contributed by atoms with Gasteiger partial charge in [0.05, 0.1) is 5.25 Å². The van der Waals surface area contributed by atoms with Gasteiger partial charge in [0.15, 0.2) is 0 Å². The molecule has 1 aliphatic rings. The van der Waals surface area contributed by atoms with Crippen molar-refractivity contribution in [2.75, 3.05) is 10.6 Å². The third-order valence-corrected chi connectivity index (χ3v) is 6.74. The fraction of sp³-hybridized carbons (Fsp3) is 0.440. The first kappa shape index (κ1) is 22.4. The van der Waals surface area contributed by atoms with E-state index in [1.165, 1.54) is 23.7 Å². The molecule has 2 aromatic rings. The summed E-state index contributed by atoms with van der Waals surface area (Å²) < 4.78 is 0. The molecular formula is C25H32N2O2S. The number of thioether (sulfide) groups is 1. The number of amides is 2. The highest BCUT2D eigenvalue weighted by atomic mass is 32.2. The summed E-state index contributed by atoms with van der Waals surface area (Å²) in [6, 6.07) is 15.8. The van der Waals surface area contributed by atoms with Crippen LogP contribution in [0.25, 0.3) is 0 Å². The van der Waals surface area contributed by atoms with E-state index in [1.54, 1.807) is 0 Å². The van der Waals surface area contributed by atoms with Crippen LogP contribution in [-0.4, -0.2) is 17.1 Å². The number of benzene rings is 2. The molecule has 0 aromatic heterocycles. The number of anilines is 2. The van der Waals surface area contributed by atoms with Gasteiger partial charge in [-0.15, -0.1) is 11.8 Å². The maximum atomic E-state index is 12.5. The number of hydrogen-bond donors (Lipinski definition) is 2. The van der Waals surface area contributed by atoms with E-state index in [4.69, 9.17) is 0 Å². The lowest BCUT2D eigenvalue weighted by Gasteiger charge is -2.20. The van der Waals surface area contributed by atoms with Gasteiger partial charge >= 0.3 is 0 Å². The summed E-state index contributed by atoms with van der Waals surface area (Å²) in [6.07, 6.45) is 5.52. The molecule has 0 radical (unpaired) electrons. The van der Waals surface area contributed by atoms with Gasteiger partial charge in [0.25, 0.3) is 0 Å². The quantitative estimate of drug-likeness (QED) is 0.502. The van der Waals surface area contributed by atoms with E-state index < -0.39 is 0 Å². The Bertz CT molecular complexity index is 840. The van der Waals surface area contributed by atoms with Gasteiger partial charge in [-0.3, -0.25) is 9.59 Å². The average Bonchev–Trinajstić information content (AvgIpc) is 2.76. The third-order valence-electron chi connectivity index (χ3n) is 5.62. The highest BCUT2D eigenvalue weighted by Gasteiger charge is 2.21. The molecule has 2 amide bonds. The Morgan fingerprint density at radius 1 is 0.833 bits per heavy atom. The summed E-state index contributed by atoms with van der Waals surface area (Å²) in [7, 11) is 0. The van der Waals surface area contributed by atoms with Crippen LogP contribution in [0.5, 0.6) is 0 Å². The van der Waals surface area contributed by atoms with Crippen molar-refractivity contribution in [2.45, 2.75) is 68.9 Å². The second-order valence-corrected chi connectivity index (χ2v) is 9.79. The van der Waals surface area contributed by atoms with Crippen molar-refractivity contribution in [3.63, 3.8) is 0 Å². The van der Waals surface area contributed by atoms with E-state index in [0.29, 0.717) is 5.92 Å². The molecule has 4 nitrogen and oxygen atoms in total.